The molecular weight excluding hydrogens is 256 g/mol. The van der Waals surface area contributed by atoms with E-state index < -0.39 is 0 Å². The summed E-state index contributed by atoms with van der Waals surface area (Å²) in [6.45, 7) is 0.504. The third kappa shape index (κ3) is 2.99. The highest BCUT2D eigenvalue weighted by atomic mass is 35.5. The Balaban J connectivity index is 2.04. The molecule has 2 rings (SSSR count). The molecular formula is C12H11ClN2OS. The summed E-state index contributed by atoms with van der Waals surface area (Å²) < 4.78 is 0. The van der Waals surface area contributed by atoms with Crippen LogP contribution in [0, 0.1) is 0 Å². The van der Waals surface area contributed by atoms with Crippen molar-refractivity contribution in [2.24, 2.45) is 0 Å². The van der Waals surface area contributed by atoms with Crippen LogP contribution >= 0.6 is 22.9 Å². The number of nitrogens with one attached hydrogen (secondary N) is 1. The minimum atomic E-state index is -0.189. The van der Waals surface area contributed by atoms with Gasteiger partial charge in [-0.1, -0.05) is 11.6 Å². The summed E-state index contributed by atoms with van der Waals surface area (Å²) in [5.74, 6) is -0.189. The summed E-state index contributed by atoms with van der Waals surface area (Å²) in [7, 11) is 0. The van der Waals surface area contributed by atoms with E-state index in [9.17, 15) is 4.79 Å². The van der Waals surface area contributed by atoms with E-state index in [-0.39, 0.29) is 5.91 Å². The number of benzene rings is 1. The summed E-state index contributed by atoms with van der Waals surface area (Å²) in [5, 5.41) is 7.29. The zero-order valence-electron chi connectivity index (χ0n) is 8.94. The Morgan fingerprint density at radius 2 is 2.24 bits per heavy atom. The zero-order chi connectivity index (χ0) is 12.3. The number of hydrogen-bond acceptors (Lipinski definition) is 3. The fourth-order valence-electron chi connectivity index (χ4n) is 1.41. The van der Waals surface area contributed by atoms with E-state index >= 15 is 0 Å². The van der Waals surface area contributed by atoms with Crippen LogP contribution in [0.2, 0.25) is 5.02 Å². The van der Waals surface area contributed by atoms with Crippen LogP contribution in [-0.2, 0) is 6.54 Å². The quantitative estimate of drug-likeness (QED) is 0.840. The lowest BCUT2D eigenvalue weighted by Gasteiger charge is -2.06. The second kappa shape index (κ2) is 5.21. The number of nitrogens with two attached hydrogens (primary N) is 1. The molecule has 3 N–H and O–H groups in total. The van der Waals surface area contributed by atoms with Crippen molar-refractivity contribution in [2.45, 2.75) is 6.54 Å². The third-order valence-electron chi connectivity index (χ3n) is 2.29. The average Bonchev–Trinajstić information content (AvgIpc) is 2.78. The smallest absolute Gasteiger partial charge is 0.253 e. The summed E-state index contributed by atoms with van der Waals surface area (Å²) in [4.78, 5) is 11.8. The van der Waals surface area contributed by atoms with Gasteiger partial charge < -0.3 is 11.1 Å². The van der Waals surface area contributed by atoms with Crippen LogP contribution in [-0.4, -0.2) is 5.91 Å². The molecule has 0 aliphatic carbocycles. The van der Waals surface area contributed by atoms with Gasteiger partial charge in [0.25, 0.3) is 5.91 Å². The maximum absolute atomic E-state index is 11.8. The van der Waals surface area contributed by atoms with Crippen molar-refractivity contribution in [1.29, 1.82) is 0 Å². The molecule has 0 saturated carbocycles. The summed E-state index contributed by atoms with van der Waals surface area (Å²) in [6, 6.07) is 6.81. The molecule has 1 aromatic heterocycles. The van der Waals surface area contributed by atoms with Gasteiger partial charge in [-0.15, -0.1) is 0 Å². The molecule has 5 heteroatoms. The Morgan fingerprint density at radius 3 is 2.88 bits per heavy atom. The molecule has 1 heterocycles. The number of carbonyl (C=O) groups excluding carboxylic acids is 1. The van der Waals surface area contributed by atoms with E-state index in [1.807, 2.05) is 16.8 Å². The lowest BCUT2D eigenvalue weighted by molar-refractivity contribution is 0.0952. The molecule has 1 amide bonds. The van der Waals surface area contributed by atoms with Gasteiger partial charge in [-0.05, 0) is 40.6 Å². The maximum atomic E-state index is 11.8. The molecule has 88 valence electrons. The first kappa shape index (κ1) is 12.0. The maximum Gasteiger partial charge on any atom is 0.253 e. The SMILES string of the molecule is Nc1cc(Cl)ccc1C(=O)NCc1ccsc1. The number of amides is 1. The molecule has 1 aromatic carbocycles. The molecule has 0 unspecified atom stereocenters. The van der Waals surface area contributed by atoms with E-state index in [1.54, 1.807) is 29.5 Å². The highest BCUT2D eigenvalue weighted by Crippen LogP contribution is 2.18. The van der Waals surface area contributed by atoms with Gasteiger partial charge in [-0.25, -0.2) is 0 Å². The van der Waals surface area contributed by atoms with Crippen molar-refractivity contribution in [2.75, 3.05) is 5.73 Å². The Labute approximate surface area is 108 Å². The van der Waals surface area contributed by atoms with Crippen LogP contribution in [0.15, 0.2) is 35.0 Å². The number of thiophene rings is 1. The van der Waals surface area contributed by atoms with E-state index in [0.717, 1.165) is 5.56 Å². The van der Waals surface area contributed by atoms with Gasteiger partial charge in [0, 0.05) is 17.3 Å². The molecule has 0 spiro atoms. The predicted molar refractivity (Wildman–Crippen MR) is 71.4 cm³/mol. The van der Waals surface area contributed by atoms with E-state index in [0.29, 0.717) is 22.8 Å². The van der Waals surface area contributed by atoms with Gasteiger partial charge in [0.05, 0.1) is 5.56 Å². The van der Waals surface area contributed by atoms with Gasteiger partial charge in [0.2, 0.25) is 0 Å². The van der Waals surface area contributed by atoms with Gasteiger partial charge in [0.1, 0.15) is 0 Å². The van der Waals surface area contributed by atoms with E-state index in [2.05, 4.69) is 5.32 Å². The van der Waals surface area contributed by atoms with Gasteiger partial charge in [0.15, 0.2) is 0 Å². The van der Waals surface area contributed by atoms with Crippen molar-refractivity contribution >= 4 is 34.5 Å². The fourth-order valence-corrected chi connectivity index (χ4v) is 2.26. The molecule has 0 aliphatic heterocycles. The van der Waals surface area contributed by atoms with Crippen molar-refractivity contribution in [3.05, 3.63) is 51.2 Å². The highest BCUT2D eigenvalue weighted by Gasteiger charge is 2.09. The fraction of sp³-hybridized carbons (Fsp3) is 0.0833. The molecule has 0 aliphatic rings. The second-order valence-electron chi connectivity index (χ2n) is 3.55. The molecule has 0 radical (unpaired) electrons. The Morgan fingerprint density at radius 1 is 1.41 bits per heavy atom. The molecule has 17 heavy (non-hydrogen) atoms. The first-order chi connectivity index (χ1) is 8.16. The Hall–Kier alpha value is -1.52. The number of nitrogen functional groups attached to an aromatic ring is 1. The standard InChI is InChI=1S/C12H11ClN2OS/c13-9-1-2-10(11(14)5-9)12(16)15-6-8-3-4-17-7-8/h1-5,7H,6,14H2,(H,15,16). The average molecular weight is 267 g/mol. The van der Waals surface area contributed by atoms with Crippen LogP contribution < -0.4 is 11.1 Å². The Kier molecular flexibility index (Phi) is 3.66. The van der Waals surface area contributed by atoms with Crippen LogP contribution in [0.3, 0.4) is 0 Å². The lowest BCUT2D eigenvalue weighted by Crippen LogP contribution is -2.23. The third-order valence-corrected chi connectivity index (χ3v) is 3.26. The van der Waals surface area contributed by atoms with Crippen LogP contribution in [0.1, 0.15) is 15.9 Å². The molecule has 0 atom stereocenters. The van der Waals surface area contributed by atoms with Crippen LogP contribution in [0.25, 0.3) is 0 Å². The van der Waals surface area contributed by atoms with Crippen molar-refractivity contribution in [1.82, 2.24) is 5.32 Å². The number of halogens is 1. The zero-order valence-corrected chi connectivity index (χ0v) is 10.5. The summed E-state index contributed by atoms with van der Waals surface area (Å²) in [5.41, 5.74) is 7.65. The molecule has 0 bridgehead atoms. The normalized spacial score (nSPS) is 10.2. The number of carbonyl (C=O) groups is 1. The Bertz CT molecular complexity index is 525. The van der Waals surface area contributed by atoms with Crippen LogP contribution in [0.5, 0.6) is 0 Å². The summed E-state index contributed by atoms with van der Waals surface area (Å²) in [6.07, 6.45) is 0. The minimum absolute atomic E-state index is 0.189. The largest absolute Gasteiger partial charge is 0.398 e. The monoisotopic (exact) mass is 266 g/mol. The van der Waals surface area contributed by atoms with Crippen LogP contribution in [0.4, 0.5) is 5.69 Å². The van der Waals surface area contributed by atoms with Gasteiger partial charge in [-0.3, -0.25) is 4.79 Å². The molecule has 0 saturated heterocycles. The van der Waals surface area contributed by atoms with E-state index in [4.69, 9.17) is 17.3 Å². The first-order valence-corrected chi connectivity index (χ1v) is 6.33. The number of rotatable bonds is 3. The molecule has 0 fully saturated rings. The molecule has 2 aromatic rings. The number of hydrogen-bond donors (Lipinski definition) is 2. The van der Waals surface area contributed by atoms with Crippen molar-refractivity contribution < 1.29 is 4.79 Å². The van der Waals surface area contributed by atoms with E-state index in [1.165, 1.54) is 0 Å². The predicted octanol–water partition coefficient (Wildman–Crippen LogP) is 2.91. The topological polar surface area (TPSA) is 55.1 Å². The minimum Gasteiger partial charge on any atom is -0.398 e. The lowest BCUT2D eigenvalue weighted by atomic mass is 10.1. The summed E-state index contributed by atoms with van der Waals surface area (Å²) >= 11 is 7.37. The van der Waals surface area contributed by atoms with Crippen molar-refractivity contribution in [3.63, 3.8) is 0 Å². The van der Waals surface area contributed by atoms with Gasteiger partial charge >= 0.3 is 0 Å². The first-order valence-electron chi connectivity index (χ1n) is 5.01. The molecule has 3 nitrogen and oxygen atoms in total. The highest BCUT2D eigenvalue weighted by molar-refractivity contribution is 7.07. The second-order valence-corrected chi connectivity index (χ2v) is 4.76. The number of anilines is 1. The van der Waals surface area contributed by atoms with Gasteiger partial charge in [-0.2, -0.15) is 11.3 Å². The van der Waals surface area contributed by atoms with Crippen molar-refractivity contribution in [3.8, 4) is 0 Å².